The second-order valence-corrected chi connectivity index (χ2v) is 3.42. The predicted octanol–water partition coefficient (Wildman–Crippen LogP) is 1.80. The third kappa shape index (κ3) is 4.28. The van der Waals surface area contributed by atoms with E-state index in [0.717, 1.165) is 11.1 Å². The van der Waals surface area contributed by atoms with E-state index >= 15 is 0 Å². The first-order valence-electron chi connectivity index (χ1n) is 5.24. The number of ether oxygens (including phenoxy) is 1. The summed E-state index contributed by atoms with van der Waals surface area (Å²) < 4.78 is 4.92. The molecule has 0 saturated heterocycles. The van der Waals surface area contributed by atoms with Crippen LogP contribution < -0.4 is 0 Å². The summed E-state index contributed by atoms with van der Waals surface area (Å²) in [6.07, 6.45) is 2.51. The molecule has 1 N–H and O–H groups in total. The highest BCUT2D eigenvalue weighted by Gasteiger charge is 2.03. The Morgan fingerprint density at radius 2 is 2.06 bits per heavy atom. The van der Waals surface area contributed by atoms with Crippen LogP contribution in [-0.4, -0.2) is 24.3 Å². The summed E-state index contributed by atoms with van der Waals surface area (Å²) in [6.45, 7) is 3.98. The van der Waals surface area contributed by atoms with Crippen molar-refractivity contribution in [3.05, 3.63) is 42.0 Å². The molecule has 0 spiro atoms. The number of hydrogen-bond donors (Lipinski definition) is 1. The van der Waals surface area contributed by atoms with Crippen LogP contribution >= 0.6 is 0 Å². The fourth-order valence-electron chi connectivity index (χ4n) is 1.24. The Morgan fingerprint density at radius 3 is 2.62 bits per heavy atom. The summed E-state index contributed by atoms with van der Waals surface area (Å²) in [7, 11) is 0. The van der Waals surface area contributed by atoms with Crippen molar-refractivity contribution < 1.29 is 14.6 Å². The van der Waals surface area contributed by atoms with Crippen LogP contribution in [0.2, 0.25) is 0 Å². The van der Waals surface area contributed by atoms with Crippen molar-refractivity contribution >= 4 is 12.0 Å². The number of rotatable bonds is 6. The summed E-state index contributed by atoms with van der Waals surface area (Å²) in [4.78, 5) is 11.3. The fourth-order valence-corrected chi connectivity index (χ4v) is 1.24. The van der Waals surface area contributed by atoms with Crippen LogP contribution in [0.15, 0.2) is 30.8 Å². The minimum Gasteiger partial charge on any atom is -0.465 e. The third-order valence-corrected chi connectivity index (χ3v) is 2.13. The maximum Gasteiger partial charge on any atom is 0.310 e. The second-order valence-electron chi connectivity index (χ2n) is 3.42. The molecule has 0 heterocycles. The van der Waals surface area contributed by atoms with Crippen LogP contribution in [0.1, 0.15) is 17.5 Å². The molecule has 0 aromatic heterocycles. The zero-order chi connectivity index (χ0) is 11.8. The van der Waals surface area contributed by atoms with Gasteiger partial charge >= 0.3 is 5.97 Å². The average molecular weight is 220 g/mol. The second kappa shape index (κ2) is 6.80. The molecule has 0 amide bonds. The van der Waals surface area contributed by atoms with Gasteiger partial charge in [0.2, 0.25) is 0 Å². The van der Waals surface area contributed by atoms with Crippen molar-refractivity contribution in [1.82, 2.24) is 0 Å². The molecule has 3 nitrogen and oxygen atoms in total. The van der Waals surface area contributed by atoms with Crippen molar-refractivity contribution in [2.24, 2.45) is 0 Å². The summed E-state index contributed by atoms with van der Waals surface area (Å²) in [5, 5.41) is 8.53. The van der Waals surface area contributed by atoms with Crippen molar-refractivity contribution in [2.75, 3.05) is 13.2 Å². The van der Waals surface area contributed by atoms with Crippen LogP contribution in [-0.2, 0) is 16.0 Å². The number of aliphatic hydroxyl groups excluding tert-OH is 1. The highest BCUT2D eigenvalue weighted by Crippen LogP contribution is 2.06. The molecule has 1 aromatic carbocycles. The zero-order valence-electron chi connectivity index (χ0n) is 9.19. The molecule has 0 unspecified atom stereocenters. The molecule has 0 aliphatic carbocycles. The van der Waals surface area contributed by atoms with Crippen LogP contribution in [0.25, 0.3) is 6.08 Å². The number of aliphatic hydroxyl groups is 1. The van der Waals surface area contributed by atoms with Crippen LogP contribution in [0.5, 0.6) is 0 Å². The zero-order valence-corrected chi connectivity index (χ0v) is 9.19. The van der Waals surface area contributed by atoms with Gasteiger partial charge in [-0.15, -0.1) is 0 Å². The van der Waals surface area contributed by atoms with Crippen LogP contribution in [0.4, 0.5) is 0 Å². The smallest absolute Gasteiger partial charge is 0.310 e. The van der Waals surface area contributed by atoms with E-state index < -0.39 is 0 Å². The Morgan fingerprint density at radius 1 is 1.38 bits per heavy atom. The molecular weight excluding hydrogens is 204 g/mol. The number of hydrogen-bond acceptors (Lipinski definition) is 3. The molecule has 0 fully saturated rings. The summed E-state index contributed by atoms with van der Waals surface area (Å²) >= 11 is 0. The van der Waals surface area contributed by atoms with E-state index in [1.165, 1.54) is 0 Å². The molecule has 0 saturated carbocycles. The maximum absolute atomic E-state index is 11.3. The SMILES string of the molecule is C=Cc1ccc(CC(=O)OCCCO)cc1. The fraction of sp³-hybridized carbons (Fsp3) is 0.308. The van der Waals surface area contributed by atoms with Gasteiger partial charge in [-0.05, 0) is 11.1 Å². The van der Waals surface area contributed by atoms with E-state index in [4.69, 9.17) is 9.84 Å². The number of carbonyl (C=O) groups excluding carboxylic acids is 1. The van der Waals surface area contributed by atoms with Gasteiger partial charge in [-0.25, -0.2) is 0 Å². The van der Waals surface area contributed by atoms with Gasteiger partial charge < -0.3 is 9.84 Å². The molecule has 3 heteroatoms. The van der Waals surface area contributed by atoms with Gasteiger partial charge in [0.1, 0.15) is 0 Å². The van der Waals surface area contributed by atoms with E-state index in [0.29, 0.717) is 6.42 Å². The van der Waals surface area contributed by atoms with E-state index in [9.17, 15) is 4.79 Å². The molecule has 1 aromatic rings. The summed E-state index contributed by atoms with van der Waals surface area (Å²) in [5.74, 6) is -0.264. The van der Waals surface area contributed by atoms with E-state index in [1.54, 1.807) is 6.08 Å². The van der Waals surface area contributed by atoms with Crippen LogP contribution in [0.3, 0.4) is 0 Å². The Balaban J connectivity index is 2.40. The predicted molar refractivity (Wildman–Crippen MR) is 62.9 cm³/mol. The van der Waals surface area contributed by atoms with Crippen molar-refractivity contribution in [2.45, 2.75) is 12.8 Å². The van der Waals surface area contributed by atoms with E-state index in [1.807, 2.05) is 24.3 Å². The highest BCUT2D eigenvalue weighted by atomic mass is 16.5. The topological polar surface area (TPSA) is 46.5 Å². The largest absolute Gasteiger partial charge is 0.465 e. The van der Waals surface area contributed by atoms with Gasteiger partial charge in [-0.3, -0.25) is 4.79 Å². The van der Waals surface area contributed by atoms with Crippen molar-refractivity contribution in [3.8, 4) is 0 Å². The summed E-state index contributed by atoms with van der Waals surface area (Å²) in [5.41, 5.74) is 1.94. The molecule has 0 aliphatic heterocycles. The Hall–Kier alpha value is -1.61. The Labute approximate surface area is 95.4 Å². The van der Waals surface area contributed by atoms with E-state index in [-0.39, 0.29) is 25.6 Å². The molecule has 0 atom stereocenters. The van der Waals surface area contributed by atoms with Crippen molar-refractivity contribution in [1.29, 1.82) is 0 Å². The number of carbonyl (C=O) groups is 1. The molecule has 0 aliphatic rings. The van der Waals surface area contributed by atoms with Gasteiger partial charge in [-0.1, -0.05) is 36.9 Å². The van der Waals surface area contributed by atoms with Crippen LogP contribution in [0, 0.1) is 0 Å². The molecule has 0 radical (unpaired) electrons. The molecule has 16 heavy (non-hydrogen) atoms. The maximum atomic E-state index is 11.3. The molecule has 86 valence electrons. The molecular formula is C13H16O3. The minimum atomic E-state index is -0.264. The number of esters is 1. The lowest BCUT2D eigenvalue weighted by Gasteiger charge is -2.04. The lowest BCUT2D eigenvalue weighted by molar-refractivity contribution is -0.143. The van der Waals surface area contributed by atoms with Crippen molar-refractivity contribution in [3.63, 3.8) is 0 Å². The Kier molecular flexibility index (Phi) is 5.29. The lowest BCUT2D eigenvalue weighted by atomic mass is 10.1. The standard InChI is InChI=1S/C13H16O3/c1-2-11-4-6-12(7-5-11)10-13(15)16-9-3-8-14/h2,4-7,14H,1,3,8-10H2. The first-order chi connectivity index (χ1) is 7.76. The van der Waals surface area contributed by atoms with Gasteiger partial charge in [-0.2, -0.15) is 0 Å². The normalized spacial score (nSPS) is 9.81. The number of benzene rings is 1. The Bertz CT molecular complexity index is 341. The van der Waals surface area contributed by atoms with Gasteiger partial charge in [0, 0.05) is 13.0 Å². The third-order valence-electron chi connectivity index (χ3n) is 2.13. The van der Waals surface area contributed by atoms with Gasteiger partial charge in [0.05, 0.1) is 13.0 Å². The molecule has 1 rings (SSSR count). The lowest BCUT2D eigenvalue weighted by Crippen LogP contribution is -2.09. The molecule has 0 bridgehead atoms. The summed E-state index contributed by atoms with van der Waals surface area (Å²) in [6, 6.07) is 7.57. The monoisotopic (exact) mass is 220 g/mol. The van der Waals surface area contributed by atoms with Gasteiger partial charge in [0.15, 0.2) is 0 Å². The van der Waals surface area contributed by atoms with Gasteiger partial charge in [0.25, 0.3) is 0 Å². The minimum absolute atomic E-state index is 0.0430. The van der Waals surface area contributed by atoms with E-state index in [2.05, 4.69) is 6.58 Å². The average Bonchev–Trinajstić information content (AvgIpc) is 2.30. The quantitative estimate of drug-likeness (QED) is 0.587. The first kappa shape index (κ1) is 12.5. The highest BCUT2D eigenvalue weighted by molar-refractivity contribution is 5.72. The first-order valence-corrected chi connectivity index (χ1v) is 5.24.